The van der Waals surface area contributed by atoms with Crippen molar-refractivity contribution >= 4 is 206 Å². The topological polar surface area (TPSA) is 366 Å². The summed E-state index contributed by atoms with van der Waals surface area (Å²) in [5, 5.41) is 91.9. The summed E-state index contributed by atoms with van der Waals surface area (Å²) in [6, 6.07) is 0. The quantitative estimate of drug-likeness (QED) is 0.00400. The van der Waals surface area contributed by atoms with Crippen LogP contribution in [0.5, 0.6) is 0 Å². The molecule has 0 spiro atoms. The van der Waals surface area contributed by atoms with Gasteiger partial charge < -0.3 is 135 Å². The van der Waals surface area contributed by atoms with E-state index in [0.717, 1.165) is 179 Å². The standard InChI is InChI=1S/2C21H35IO5.C21H36O5.C20H31O4.C2H6.CHI3.2CH2I.CH4.HI.2Na.2H2O.2V/c2*1-3-4-5-7-14(23)10-11-15-16-12-20(27-19(16)13-18(15)24)17(22)8-6-9-21(25)26-2;1-3-4-7-10-16(22)13-14-18-17(19(23)15-20(18)24)11-8-5-6-9-12-21(25)26-2;1-2-3-5-8-15(22)10-11-17-18-13-16(9-6-4-7-12-21)24-20(18)14-19(17)23;1-2;2-1(3)4;2*1-2;;;;;;;;/h2*10-11,14-20,23-24H,3-9,12-13H2,1-2H3;5,8,13-14,16-20,22-24H,3-4,6-7,9-12,15H2,1-2H3;9-11,15,17-20,22-23H,2-8,13-14H2,1H3;1-2H3;1H;2*1H2;1H4;1H;;;2*1H2;;/q;;;-1;;;2*-1;;;2*+1;;;;/p-2/b2*11-10+;8-5-,14-13+;11-10+,16-9-;;;;;;;;;;;;/t2*14-,15+,16+,17?,18+,19-,20?;16-,17+,18+,19-,20+;15-,17+,18+,19+,20-;;;;;;;;;;;;/m0000............/s1. The van der Waals surface area contributed by atoms with Crippen LogP contribution >= 0.6 is 182 Å². The van der Waals surface area contributed by atoms with E-state index in [1.54, 1.807) is 6.08 Å². The molecule has 3 heterocycles. The zero-order valence-corrected chi connectivity index (χ0v) is 98.3. The second-order valence-corrected chi connectivity index (χ2v) is 44.5. The van der Waals surface area contributed by atoms with E-state index in [-0.39, 0.29) is 235 Å². The van der Waals surface area contributed by atoms with Crippen molar-refractivity contribution in [2.45, 2.75) is 373 Å². The summed E-state index contributed by atoms with van der Waals surface area (Å²) in [4.78, 5) is 50.2. The monoisotopic (exact) mass is 2720 g/mol. The van der Waals surface area contributed by atoms with E-state index >= 15 is 0 Å². The van der Waals surface area contributed by atoms with Crippen LogP contribution in [-0.4, -0.2) is 196 Å². The zero-order chi connectivity index (χ0) is 85.9. The molecule has 3 aliphatic heterocycles. The Kier molecular flexibility index (Phi) is 109. The first-order valence-corrected chi connectivity index (χ1v) is 51.5. The third-order valence-electron chi connectivity index (χ3n) is 22.1. The van der Waals surface area contributed by atoms with Crippen molar-refractivity contribution in [3.8, 4) is 0 Å². The number of aliphatic hydroxyl groups is 9. The van der Waals surface area contributed by atoms with Gasteiger partial charge in [0.05, 0.1) is 106 Å². The van der Waals surface area contributed by atoms with Crippen LogP contribution in [-0.2, 0) is 84.7 Å². The second kappa shape index (κ2) is 92.2. The predicted octanol–water partition coefficient (Wildman–Crippen LogP) is 15.1. The molecule has 0 bridgehead atoms. The zero-order valence-electron chi connectivity index (χ0n) is 74.1. The molecule has 33 heteroatoms. The molecule has 0 aromatic carbocycles. The molecule has 3 saturated heterocycles. The summed E-state index contributed by atoms with van der Waals surface area (Å²) in [7, 11) is 4.23. The molecule has 7 fully saturated rings. The summed E-state index contributed by atoms with van der Waals surface area (Å²) in [5.41, 5.74) is 0. The summed E-state index contributed by atoms with van der Waals surface area (Å²) in [5.74, 6) is 1.44. The van der Waals surface area contributed by atoms with Gasteiger partial charge in [-0.05, 0) is 114 Å². The van der Waals surface area contributed by atoms with Crippen LogP contribution in [0.3, 0.4) is 0 Å². The number of esters is 3. The van der Waals surface area contributed by atoms with Crippen LogP contribution in [0.2, 0.25) is 0 Å². The van der Waals surface area contributed by atoms with E-state index in [2.05, 4.69) is 161 Å². The molecule has 4 saturated carbocycles. The summed E-state index contributed by atoms with van der Waals surface area (Å²) < 4.78 is 33.9. The molecule has 7 rings (SSSR count). The maximum atomic E-state index is 11.3. The first-order valence-electron chi connectivity index (χ1n) is 42.3. The van der Waals surface area contributed by atoms with Gasteiger partial charge in [0.25, 0.3) is 0 Å². The fraction of sp³-hybridized carbons (Fsp3) is 0.798. The van der Waals surface area contributed by atoms with E-state index < -0.39 is 36.6 Å². The Morgan fingerprint density at radius 2 is 0.795 bits per heavy atom. The molecular weight excluding hydrogens is 2570 g/mol. The van der Waals surface area contributed by atoms with E-state index in [1.807, 2.05) is 120 Å². The Balaban J connectivity index is -0.000000188. The third kappa shape index (κ3) is 63.3. The number of carbonyl (C=O) groups excluding carboxylic acids is 4. The molecule has 2 radical (unpaired) electrons. The average Bonchev–Trinajstić information content (AvgIpc) is 1.65. The Morgan fingerprint density at radius 3 is 1.14 bits per heavy atom. The number of halogens is 8. The van der Waals surface area contributed by atoms with Gasteiger partial charge >= 0.3 is 77.0 Å². The molecule has 708 valence electrons. The number of unbranched alkanes of at least 4 members (excludes halogenated alkanes) is 11. The fourth-order valence-electron chi connectivity index (χ4n) is 15.9. The van der Waals surface area contributed by atoms with Crippen molar-refractivity contribution in [3.05, 3.63) is 82.5 Å². The molecule has 21 nitrogen and oxygen atoms in total. The van der Waals surface area contributed by atoms with Crippen molar-refractivity contribution in [3.63, 3.8) is 0 Å². The SMILES string of the molecule is C.CC.CCCCC[C@H](O)/C=C/[C@@H]1[C@@H](C/C=C\CCCC(=O)OC)[C@@H](O)C[C@H]1O.CCCCC[C@H](O)/C=C/[C@@H]1[C@H]2C/C(=C/CCC[C-]=O)O[C@H]2C[C@H]1O.CCCCC[C@H](O)/C=C/[C@@H]1[C@H]2CC(C(I)CCCC(=O)OC)O[C@H]2C[C@H]1O.CCCCC[C@H](O)/C=C/[C@@H]1[C@H]2CC(C(I)CCCC(=O)OC)O[C@H]2C[C@H]1O.I.IC(I)I.[CH2-]I.[CH2-]I.[Na+].[Na+].[OH-].[OH-].[V].[V]. The number of alkyl halides is 5. The third-order valence-corrected chi connectivity index (χ3v) is 24.9. The number of ether oxygens (including phenoxy) is 6. The number of aliphatic hydroxyl groups excluding tert-OH is 9. The van der Waals surface area contributed by atoms with Crippen LogP contribution in [0.1, 0.15) is 280 Å². The average molecular weight is 2720 g/mol. The fourth-order valence-corrected chi connectivity index (χ4v) is 17.7. The van der Waals surface area contributed by atoms with Crippen molar-refractivity contribution in [2.24, 2.45) is 47.3 Å². The van der Waals surface area contributed by atoms with E-state index in [9.17, 15) is 65.1 Å². The van der Waals surface area contributed by atoms with Crippen LogP contribution in [0, 0.1) is 57.2 Å². The first-order chi connectivity index (χ1) is 54.8. The largest absolute Gasteiger partial charge is 1.00 e. The maximum absolute atomic E-state index is 11.3. The normalized spacial score (nSPS) is 27.0. The Morgan fingerprint density at radius 1 is 0.467 bits per heavy atom. The van der Waals surface area contributed by atoms with Gasteiger partial charge in [-0.2, -0.15) is 6.42 Å². The molecule has 0 aromatic heterocycles. The van der Waals surface area contributed by atoms with E-state index in [0.29, 0.717) is 83.4 Å². The Hall–Kier alpha value is 4.81. The number of carbonyl (C=O) groups is 3. The summed E-state index contributed by atoms with van der Waals surface area (Å²) >= 11 is 15.6. The van der Waals surface area contributed by atoms with Crippen LogP contribution in [0.25, 0.3) is 0 Å². The number of hydrogen-bond acceptors (Lipinski definition) is 21. The van der Waals surface area contributed by atoms with Crippen LogP contribution in [0.4, 0.5) is 0 Å². The summed E-state index contributed by atoms with van der Waals surface area (Å²) in [6.07, 6.45) is 50.5. The minimum Gasteiger partial charge on any atom is -0.870 e. The smallest absolute Gasteiger partial charge is 0.870 e. The Labute approximate surface area is 918 Å². The van der Waals surface area contributed by atoms with Gasteiger partial charge in [0.15, 0.2) is 0 Å². The second-order valence-electron chi connectivity index (χ2n) is 30.4. The minimum absolute atomic E-state index is 0. The van der Waals surface area contributed by atoms with E-state index in [1.165, 1.54) is 21.3 Å². The molecule has 11 N–H and O–H groups in total. The molecule has 4 aliphatic carbocycles. The van der Waals surface area contributed by atoms with Crippen molar-refractivity contribution < 1.29 is 201 Å². The van der Waals surface area contributed by atoms with Gasteiger partial charge in [-0.25, -0.2) is 0 Å². The predicted molar refractivity (Wildman–Crippen MR) is 546 cm³/mol. The maximum Gasteiger partial charge on any atom is 1.00 e. The van der Waals surface area contributed by atoms with Gasteiger partial charge in [-0.3, -0.25) is 30.5 Å². The van der Waals surface area contributed by atoms with E-state index in [4.69, 9.17) is 23.7 Å². The molecule has 0 amide bonds. The van der Waals surface area contributed by atoms with Crippen molar-refractivity contribution in [1.82, 2.24) is 0 Å². The van der Waals surface area contributed by atoms with Crippen molar-refractivity contribution in [2.75, 3.05) is 21.3 Å². The Bertz CT molecular complexity index is 2560. The number of allylic oxidation sites excluding steroid dienone is 4. The molecule has 0 aromatic rings. The van der Waals surface area contributed by atoms with Gasteiger partial charge in [-0.1, -0.05) is 306 Å². The first kappa shape index (κ1) is 145. The molecule has 4 unspecified atom stereocenters. The van der Waals surface area contributed by atoms with Gasteiger partial charge in [-0.15, -0.1) is 24.0 Å². The number of methoxy groups -OCH3 is 3. The number of hydrogen-bond donors (Lipinski definition) is 9. The van der Waals surface area contributed by atoms with Crippen molar-refractivity contribution in [1.29, 1.82) is 0 Å². The van der Waals surface area contributed by atoms with Gasteiger partial charge in [0.2, 0.25) is 0 Å². The molecular formula is C89H155I8Na2O21V2-3. The summed E-state index contributed by atoms with van der Waals surface area (Å²) in [6.45, 7) is 12.6. The molecule has 7 aliphatic rings. The minimum atomic E-state index is -0.568. The van der Waals surface area contributed by atoms with Crippen LogP contribution < -0.4 is 59.1 Å². The van der Waals surface area contributed by atoms with Gasteiger partial charge in [0.1, 0.15) is 6.04 Å². The number of fused-ring (bicyclic) bond motifs is 3. The van der Waals surface area contributed by atoms with Crippen LogP contribution in [0.15, 0.2) is 72.6 Å². The molecule has 24 atom stereocenters. The number of rotatable bonds is 44. The van der Waals surface area contributed by atoms with Gasteiger partial charge in [0, 0.05) is 126 Å². The molecule has 122 heavy (non-hydrogen) atoms.